The smallest absolute Gasteiger partial charge is 0.254 e. The maximum Gasteiger partial charge on any atom is 0.254 e. The Kier molecular flexibility index (Phi) is 5.64. The van der Waals surface area contributed by atoms with E-state index in [0.29, 0.717) is 36.0 Å². The van der Waals surface area contributed by atoms with Crippen LogP contribution in [0.1, 0.15) is 16.1 Å². The van der Waals surface area contributed by atoms with Crippen molar-refractivity contribution in [1.29, 1.82) is 0 Å². The summed E-state index contributed by atoms with van der Waals surface area (Å²) in [6.07, 6.45) is 5.54. The number of piperazine rings is 1. The minimum atomic E-state index is 0.00638. The van der Waals surface area contributed by atoms with Crippen LogP contribution in [0.3, 0.4) is 0 Å². The number of carbonyl (C=O) groups is 1. The van der Waals surface area contributed by atoms with Gasteiger partial charge in [-0.15, -0.1) is 0 Å². The topological polar surface area (TPSA) is 63.0 Å². The number of ether oxygens (including phenoxy) is 1. The van der Waals surface area contributed by atoms with Crippen molar-refractivity contribution in [2.24, 2.45) is 0 Å². The molecule has 3 aromatic heterocycles. The SMILES string of the molecule is O=C(c1cccc(OCc2cn3ccccc3n2)c1)N1CCN(c2ccc(Cl)cn2)CC1. The average molecular weight is 448 g/mol. The van der Waals surface area contributed by atoms with Gasteiger partial charge in [0.1, 0.15) is 23.8 Å². The molecule has 0 radical (unpaired) electrons. The first-order valence-corrected chi connectivity index (χ1v) is 10.8. The molecule has 32 heavy (non-hydrogen) atoms. The number of imidazole rings is 1. The van der Waals surface area contributed by atoms with E-state index in [0.717, 1.165) is 30.2 Å². The highest BCUT2D eigenvalue weighted by Crippen LogP contribution is 2.20. The number of hydrogen-bond acceptors (Lipinski definition) is 5. The molecule has 8 heteroatoms. The molecule has 1 aliphatic rings. The van der Waals surface area contributed by atoms with Crippen LogP contribution in [0.25, 0.3) is 5.65 Å². The summed E-state index contributed by atoms with van der Waals surface area (Å²) in [7, 11) is 0. The highest BCUT2D eigenvalue weighted by atomic mass is 35.5. The lowest BCUT2D eigenvalue weighted by Crippen LogP contribution is -2.49. The number of hydrogen-bond donors (Lipinski definition) is 0. The van der Waals surface area contributed by atoms with Gasteiger partial charge in [-0.2, -0.15) is 0 Å². The van der Waals surface area contributed by atoms with Gasteiger partial charge in [0.25, 0.3) is 5.91 Å². The molecule has 162 valence electrons. The fourth-order valence-corrected chi connectivity index (χ4v) is 3.92. The quantitative estimate of drug-likeness (QED) is 0.464. The molecule has 1 saturated heterocycles. The van der Waals surface area contributed by atoms with Crippen LogP contribution in [0.4, 0.5) is 5.82 Å². The second-order valence-electron chi connectivity index (χ2n) is 7.63. The Morgan fingerprint density at radius 3 is 2.69 bits per heavy atom. The number of fused-ring (bicyclic) bond motifs is 1. The van der Waals surface area contributed by atoms with E-state index in [9.17, 15) is 4.79 Å². The summed E-state index contributed by atoms with van der Waals surface area (Å²) >= 11 is 5.92. The van der Waals surface area contributed by atoms with E-state index in [1.54, 1.807) is 12.3 Å². The molecular weight excluding hydrogens is 426 g/mol. The molecule has 0 spiro atoms. The van der Waals surface area contributed by atoms with Crippen molar-refractivity contribution in [3.63, 3.8) is 0 Å². The van der Waals surface area contributed by atoms with E-state index in [4.69, 9.17) is 16.3 Å². The lowest BCUT2D eigenvalue weighted by Gasteiger charge is -2.35. The van der Waals surface area contributed by atoms with Crippen LogP contribution in [-0.2, 0) is 6.61 Å². The number of aromatic nitrogens is 3. The summed E-state index contributed by atoms with van der Waals surface area (Å²) in [5, 5.41) is 0.617. The summed E-state index contributed by atoms with van der Waals surface area (Å²) < 4.78 is 7.87. The van der Waals surface area contributed by atoms with Crippen LogP contribution in [0.2, 0.25) is 5.02 Å². The maximum atomic E-state index is 13.0. The number of amides is 1. The van der Waals surface area contributed by atoms with Gasteiger partial charge in [0.15, 0.2) is 0 Å². The van der Waals surface area contributed by atoms with Crippen molar-refractivity contribution in [3.05, 3.63) is 89.5 Å². The van der Waals surface area contributed by atoms with Gasteiger partial charge in [0.05, 0.1) is 10.7 Å². The molecule has 0 saturated carbocycles. The molecule has 0 atom stereocenters. The number of anilines is 1. The molecule has 4 aromatic rings. The Morgan fingerprint density at radius 1 is 1.03 bits per heavy atom. The second kappa shape index (κ2) is 8.88. The Bertz CT molecular complexity index is 1200. The average Bonchev–Trinajstić information content (AvgIpc) is 3.26. The lowest BCUT2D eigenvalue weighted by molar-refractivity contribution is 0.0746. The first-order valence-electron chi connectivity index (χ1n) is 10.5. The lowest BCUT2D eigenvalue weighted by atomic mass is 10.1. The highest BCUT2D eigenvalue weighted by molar-refractivity contribution is 6.30. The first-order chi connectivity index (χ1) is 15.7. The molecule has 4 heterocycles. The van der Waals surface area contributed by atoms with Gasteiger partial charge in [-0.05, 0) is 42.5 Å². The minimum absolute atomic E-state index is 0.00638. The summed E-state index contributed by atoms with van der Waals surface area (Å²) in [6, 6.07) is 16.9. The highest BCUT2D eigenvalue weighted by Gasteiger charge is 2.23. The van der Waals surface area contributed by atoms with Gasteiger partial charge >= 0.3 is 0 Å². The van der Waals surface area contributed by atoms with E-state index in [-0.39, 0.29) is 5.91 Å². The predicted molar refractivity (Wildman–Crippen MR) is 123 cm³/mol. The molecule has 0 unspecified atom stereocenters. The van der Waals surface area contributed by atoms with Gasteiger partial charge < -0.3 is 18.9 Å². The maximum absolute atomic E-state index is 13.0. The molecule has 1 aliphatic heterocycles. The number of halogens is 1. The molecule has 0 N–H and O–H groups in total. The summed E-state index contributed by atoms with van der Waals surface area (Å²) in [6.45, 7) is 3.06. The Hall–Kier alpha value is -3.58. The number of rotatable bonds is 5. The van der Waals surface area contributed by atoms with Crippen molar-refractivity contribution < 1.29 is 9.53 Å². The van der Waals surface area contributed by atoms with Gasteiger partial charge in [-0.25, -0.2) is 9.97 Å². The van der Waals surface area contributed by atoms with Crippen LogP contribution < -0.4 is 9.64 Å². The summed E-state index contributed by atoms with van der Waals surface area (Å²) in [5.41, 5.74) is 2.33. The zero-order chi connectivity index (χ0) is 21.9. The van der Waals surface area contributed by atoms with Crippen molar-refractivity contribution in [2.45, 2.75) is 6.61 Å². The molecule has 1 aromatic carbocycles. The number of benzene rings is 1. The molecule has 1 fully saturated rings. The van der Waals surface area contributed by atoms with Crippen LogP contribution in [0.15, 0.2) is 73.2 Å². The third-order valence-electron chi connectivity index (χ3n) is 5.48. The van der Waals surface area contributed by atoms with E-state index < -0.39 is 0 Å². The molecular formula is C24H22ClN5O2. The van der Waals surface area contributed by atoms with E-state index in [1.165, 1.54) is 0 Å². The van der Waals surface area contributed by atoms with E-state index >= 15 is 0 Å². The van der Waals surface area contributed by atoms with Crippen molar-refractivity contribution in [2.75, 3.05) is 31.1 Å². The minimum Gasteiger partial charge on any atom is -0.487 e. The Balaban J connectivity index is 1.20. The summed E-state index contributed by atoms with van der Waals surface area (Å²) in [5.74, 6) is 1.53. The number of nitrogens with zero attached hydrogens (tertiary/aromatic N) is 5. The van der Waals surface area contributed by atoms with Crippen molar-refractivity contribution in [3.8, 4) is 5.75 Å². The number of pyridine rings is 2. The Morgan fingerprint density at radius 2 is 1.91 bits per heavy atom. The zero-order valence-corrected chi connectivity index (χ0v) is 18.2. The standard InChI is InChI=1S/C24H22ClN5O2/c25-19-7-8-22(26-15-19)28-10-12-29(13-11-28)24(31)18-4-3-5-21(14-18)32-17-20-16-30-9-2-1-6-23(30)27-20/h1-9,14-16H,10-13,17H2. The van der Waals surface area contributed by atoms with Gasteiger partial charge in [0, 0.05) is 50.3 Å². The Labute approximate surface area is 190 Å². The molecule has 1 amide bonds. The van der Waals surface area contributed by atoms with Gasteiger partial charge in [-0.3, -0.25) is 4.79 Å². The van der Waals surface area contributed by atoms with E-state index in [1.807, 2.05) is 70.2 Å². The zero-order valence-electron chi connectivity index (χ0n) is 17.4. The third-order valence-corrected chi connectivity index (χ3v) is 5.71. The van der Waals surface area contributed by atoms with Crippen LogP contribution in [0.5, 0.6) is 5.75 Å². The van der Waals surface area contributed by atoms with Crippen LogP contribution in [0, 0.1) is 0 Å². The number of carbonyl (C=O) groups excluding carboxylic acids is 1. The van der Waals surface area contributed by atoms with Gasteiger partial charge in [-0.1, -0.05) is 23.7 Å². The predicted octanol–water partition coefficient (Wildman–Crippen LogP) is 3.92. The van der Waals surface area contributed by atoms with Gasteiger partial charge in [0.2, 0.25) is 0 Å². The molecule has 7 nitrogen and oxygen atoms in total. The summed E-state index contributed by atoms with van der Waals surface area (Å²) in [4.78, 5) is 26.0. The monoisotopic (exact) mass is 447 g/mol. The molecule has 5 rings (SSSR count). The fraction of sp³-hybridized carbons (Fsp3) is 0.208. The fourth-order valence-electron chi connectivity index (χ4n) is 3.81. The first kappa shape index (κ1) is 20.3. The normalized spacial score (nSPS) is 14.0. The van der Waals surface area contributed by atoms with Crippen molar-refractivity contribution in [1.82, 2.24) is 19.3 Å². The third kappa shape index (κ3) is 4.38. The second-order valence-corrected chi connectivity index (χ2v) is 8.07. The van der Waals surface area contributed by atoms with Crippen LogP contribution in [-0.4, -0.2) is 51.4 Å². The van der Waals surface area contributed by atoms with Crippen LogP contribution >= 0.6 is 11.6 Å². The van der Waals surface area contributed by atoms with Crippen molar-refractivity contribution >= 4 is 29.0 Å². The van der Waals surface area contributed by atoms with E-state index in [2.05, 4.69) is 14.9 Å². The molecule has 0 bridgehead atoms. The largest absolute Gasteiger partial charge is 0.487 e. The molecule has 0 aliphatic carbocycles.